The van der Waals surface area contributed by atoms with E-state index < -0.39 is 18.0 Å². The highest BCUT2D eigenvalue weighted by molar-refractivity contribution is 5.89. The molecule has 0 saturated heterocycles. The fourth-order valence-corrected chi connectivity index (χ4v) is 1.67. The van der Waals surface area contributed by atoms with Crippen LogP contribution in [0.25, 0.3) is 0 Å². The van der Waals surface area contributed by atoms with Crippen LogP contribution < -0.4 is 10.9 Å². The number of nitrogens with one attached hydrogen (secondary N) is 2. The van der Waals surface area contributed by atoms with Crippen molar-refractivity contribution in [2.24, 2.45) is 5.92 Å². The molecule has 110 valence electrons. The molecule has 1 rings (SSSR count). The lowest BCUT2D eigenvalue weighted by molar-refractivity contribution is -0.139. The number of hydrazine groups is 1. The quantitative estimate of drug-likeness (QED) is 0.522. The molecule has 0 saturated carbocycles. The minimum Gasteiger partial charge on any atom is -0.480 e. The standard InChI is InChI=1S/C14H20N2O4/c1-9(2)8-12(13(17)18)16-15-11-6-4-10(5-7-11)14(19)20-3/h4-7,9,12,15-16H,8H2,1-3H3,(H,17,18)/t12-/m0/s1. The maximum absolute atomic E-state index is 11.3. The number of ether oxygens (including phenoxy) is 1. The first-order chi connectivity index (χ1) is 9.43. The molecule has 0 aliphatic rings. The highest BCUT2D eigenvalue weighted by Crippen LogP contribution is 2.10. The van der Waals surface area contributed by atoms with Crippen molar-refractivity contribution in [2.45, 2.75) is 26.3 Å². The molecule has 0 fully saturated rings. The minimum atomic E-state index is -0.905. The predicted molar refractivity (Wildman–Crippen MR) is 75.4 cm³/mol. The summed E-state index contributed by atoms with van der Waals surface area (Å²) in [5.74, 6) is -1.04. The maximum atomic E-state index is 11.3. The Bertz CT molecular complexity index is 457. The first-order valence-electron chi connectivity index (χ1n) is 6.36. The van der Waals surface area contributed by atoms with Crippen molar-refractivity contribution < 1.29 is 19.4 Å². The number of carbonyl (C=O) groups is 2. The Morgan fingerprint density at radius 2 is 1.85 bits per heavy atom. The van der Waals surface area contributed by atoms with Crippen LogP contribution in [0.5, 0.6) is 0 Å². The highest BCUT2D eigenvalue weighted by atomic mass is 16.5. The van der Waals surface area contributed by atoms with Gasteiger partial charge in [-0.3, -0.25) is 4.79 Å². The van der Waals surface area contributed by atoms with E-state index in [1.165, 1.54) is 7.11 Å². The number of anilines is 1. The van der Waals surface area contributed by atoms with E-state index >= 15 is 0 Å². The summed E-state index contributed by atoms with van der Waals surface area (Å²) in [6, 6.07) is 5.89. The van der Waals surface area contributed by atoms with Crippen molar-refractivity contribution in [3.05, 3.63) is 29.8 Å². The number of carbonyl (C=O) groups excluding carboxylic acids is 1. The van der Waals surface area contributed by atoms with E-state index in [2.05, 4.69) is 15.6 Å². The SMILES string of the molecule is COC(=O)c1ccc(NN[C@@H](CC(C)C)C(=O)O)cc1. The monoisotopic (exact) mass is 280 g/mol. The molecule has 6 heteroatoms. The smallest absolute Gasteiger partial charge is 0.337 e. The summed E-state index contributed by atoms with van der Waals surface area (Å²) in [5, 5.41) is 9.09. The van der Waals surface area contributed by atoms with Gasteiger partial charge in [0, 0.05) is 5.69 Å². The largest absolute Gasteiger partial charge is 0.480 e. The number of rotatable bonds is 7. The lowest BCUT2D eigenvalue weighted by Crippen LogP contribution is -2.41. The van der Waals surface area contributed by atoms with Gasteiger partial charge in [0.25, 0.3) is 0 Å². The average Bonchev–Trinajstić information content (AvgIpc) is 2.42. The molecular formula is C14H20N2O4. The summed E-state index contributed by atoms with van der Waals surface area (Å²) in [6.07, 6.45) is 0.516. The number of methoxy groups -OCH3 is 1. The lowest BCUT2D eigenvalue weighted by Gasteiger charge is -2.17. The molecule has 0 aliphatic carbocycles. The van der Waals surface area contributed by atoms with Crippen molar-refractivity contribution in [1.29, 1.82) is 0 Å². The molecule has 1 aromatic carbocycles. The molecular weight excluding hydrogens is 260 g/mol. The Kier molecular flexibility index (Phi) is 5.99. The van der Waals surface area contributed by atoms with Gasteiger partial charge < -0.3 is 15.3 Å². The van der Waals surface area contributed by atoms with Crippen molar-refractivity contribution >= 4 is 17.6 Å². The number of aliphatic carboxylic acids is 1. The Balaban J connectivity index is 2.60. The number of hydrogen-bond acceptors (Lipinski definition) is 5. The Morgan fingerprint density at radius 3 is 2.30 bits per heavy atom. The molecule has 1 aromatic rings. The number of carboxylic acids is 1. The molecule has 3 N–H and O–H groups in total. The number of esters is 1. The number of hydrogen-bond donors (Lipinski definition) is 3. The third kappa shape index (κ3) is 4.89. The van der Waals surface area contributed by atoms with E-state index in [1.807, 2.05) is 13.8 Å². The fraction of sp³-hybridized carbons (Fsp3) is 0.429. The van der Waals surface area contributed by atoms with Crippen LogP contribution in [0.2, 0.25) is 0 Å². The third-order valence-corrected chi connectivity index (χ3v) is 2.70. The molecule has 6 nitrogen and oxygen atoms in total. The van der Waals surface area contributed by atoms with E-state index in [9.17, 15) is 9.59 Å². The van der Waals surface area contributed by atoms with Crippen LogP contribution in [0, 0.1) is 5.92 Å². The first-order valence-corrected chi connectivity index (χ1v) is 6.36. The van der Waals surface area contributed by atoms with Gasteiger partial charge in [0.15, 0.2) is 0 Å². The summed E-state index contributed by atoms with van der Waals surface area (Å²) in [4.78, 5) is 22.3. The summed E-state index contributed by atoms with van der Waals surface area (Å²) in [5.41, 5.74) is 6.71. The van der Waals surface area contributed by atoms with Gasteiger partial charge in [-0.05, 0) is 36.6 Å². The Hall–Kier alpha value is -2.08. The van der Waals surface area contributed by atoms with Gasteiger partial charge in [0.2, 0.25) is 0 Å². The van der Waals surface area contributed by atoms with Crippen LogP contribution in [-0.4, -0.2) is 30.2 Å². The van der Waals surface area contributed by atoms with Gasteiger partial charge >= 0.3 is 11.9 Å². The molecule has 0 amide bonds. The molecule has 0 spiro atoms. The van der Waals surface area contributed by atoms with E-state index in [4.69, 9.17) is 5.11 Å². The van der Waals surface area contributed by atoms with Gasteiger partial charge in [0.05, 0.1) is 12.7 Å². The van der Waals surface area contributed by atoms with Crippen LogP contribution in [0.3, 0.4) is 0 Å². The lowest BCUT2D eigenvalue weighted by atomic mass is 10.0. The molecule has 0 aliphatic heterocycles. The molecule has 0 heterocycles. The van der Waals surface area contributed by atoms with Crippen LogP contribution in [-0.2, 0) is 9.53 Å². The molecule has 20 heavy (non-hydrogen) atoms. The van der Waals surface area contributed by atoms with Crippen molar-refractivity contribution in [1.82, 2.24) is 5.43 Å². The first kappa shape index (κ1) is 16.0. The molecule has 0 radical (unpaired) electrons. The van der Waals surface area contributed by atoms with Gasteiger partial charge in [0.1, 0.15) is 6.04 Å². The number of benzene rings is 1. The summed E-state index contributed by atoms with van der Waals surface area (Å²) >= 11 is 0. The normalized spacial score (nSPS) is 12.0. The molecule has 1 atom stereocenters. The van der Waals surface area contributed by atoms with Gasteiger partial charge in [-0.15, -0.1) is 0 Å². The second-order valence-electron chi connectivity index (χ2n) is 4.86. The van der Waals surface area contributed by atoms with E-state index in [0.29, 0.717) is 17.7 Å². The second kappa shape index (κ2) is 7.49. The molecule has 0 unspecified atom stereocenters. The van der Waals surface area contributed by atoms with Crippen molar-refractivity contribution in [3.8, 4) is 0 Å². The van der Waals surface area contributed by atoms with E-state index in [1.54, 1.807) is 24.3 Å². The highest BCUT2D eigenvalue weighted by Gasteiger charge is 2.18. The van der Waals surface area contributed by atoms with Gasteiger partial charge in [-0.25, -0.2) is 10.2 Å². The van der Waals surface area contributed by atoms with Gasteiger partial charge in [-0.2, -0.15) is 0 Å². The van der Waals surface area contributed by atoms with Crippen molar-refractivity contribution in [2.75, 3.05) is 12.5 Å². The predicted octanol–water partition coefficient (Wildman–Crippen LogP) is 1.89. The Morgan fingerprint density at radius 1 is 1.25 bits per heavy atom. The van der Waals surface area contributed by atoms with E-state index in [-0.39, 0.29) is 5.92 Å². The fourth-order valence-electron chi connectivity index (χ4n) is 1.67. The maximum Gasteiger partial charge on any atom is 0.337 e. The van der Waals surface area contributed by atoms with Crippen molar-refractivity contribution in [3.63, 3.8) is 0 Å². The van der Waals surface area contributed by atoms with E-state index in [0.717, 1.165) is 0 Å². The third-order valence-electron chi connectivity index (χ3n) is 2.70. The topological polar surface area (TPSA) is 87.7 Å². The average molecular weight is 280 g/mol. The van der Waals surface area contributed by atoms with Crippen LogP contribution in [0.1, 0.15) is 30.6 Å². The Labute approximate surface area is 118 Å². The summed E-state index contributed by atoms with van der Waals surface area (Å²) in [6.45, 7) is 3.92. The van der Waals surface area contributed by atoms with Gasteiger partial charge in [-0.1, -0.05) is 13.8 Å². The molecule has 0 aromatic heterocycles. The summed E-state index contributed by atoms with van der Waals surface area (Å²) in [7, 11) is 1.32. The zero-order valence-electron chi connectivity index (χ0n) is 11.8. The zero-order chi connectivity index (χ0) is 15.1. The summed E-state index contributed by atoms with van der Waals surface area (Å²) < 4.78 is 4.60. The molecule has 0 bridgehead atoms. The van der Waals surface area contributed by atoms with Crippen LogP contribution in [0.4, 0.5) is 5.69 Å². The minimum absolute atomic E-state index is 0.270. The van der Waals surface area contributed by atoms with Crippen LogP contribution >= 0.6 is 0 Å². The zero-order valence-corrected chi connectivity index (χ0v) is 11.8. The van der Waals surface area contributed by atoms with Crippen LogP contribution in [0.15, 0.2) is 24.3 Å². The second-order valence-corrected chi connectivity index (χ2v) is 4.86. The number of carboxylic acid groups (broad SMARTS) is 1.